The topological polar surface area (TPSA) is 54.4 Å². The highest BCUT2D eigenvalue weighted by Crippen LogP contribution is 2.21. The average molecular weight is 318 g/mol. The largest absolute Gasteiger partial charge is 0.481 e. The first-order chi connectivity index (χ1) is 9.41. The number of alkyl halides is 6. The Morgan fingerprint density at radius 3 is 1.57 bits per heavy atom. The van der Waals surface area contributed by atoms with Crippen LogP contribution in [0, 0.1) is 5.92 Å². The standard InChI is InChI=1S/C12H12F6O3/c13-11(14,15)5-1-3-8(9(19)7-10(20)21)4-2-6-12(16,17)18/h1-2,5-6,8H,3-4,7H2,(H,20,21)/b5-1+,6-2+. The second-order valence-corrected chi connectivity index (χ2v) is 4.09. The van der Waals surface area contributed by atoms with Crippen LogP contribution in [-0.4, -0.2) is 29.2 Å². The molecular formula is C12H12F6O3. The second kappa shape index (κ2) is 7.84. The monoisotopic (exact) mass is 318 g/mol. The van der Waals surface area contributed by atoms with Crippen LogP contribution in [0.3, 0.4) is 0 Å². The van der Waals surface area contributed by atoms with E-state index in [2.05, 4.69) is 0 Å². The van der Waals surface area contributed by atoms with Gasteiger partial charge in [-0.05, 0) is 12.8 Å². The Labute approximate surface area is 115 Å². The van der Waals surface area contributed by atoms with Gasteiger partial charge in [0.1, 0.15) is 12.2 Å². The summed E-state index contributed by atoms with van der Waals surface area (Å²) in [7, 11) is 0. The van der Waals surface area contributed by atoms with Crippen LogP contribution in [0.4, 0.5) is 26.3 Å². The van der Waals surface area contributed by atoms with Crippen LogP contribution in [0.2, 0.25) is 0 Å². The van der Waals surface area contributed by atoms with Gasteiger partial charge in [0.25, 0.3) is 0 Å². The summed E-state index contributed by atoms with van der Waals surface area (Å²) in [6, 6.07) is 0. The molecule has 0 heterocycles. The van der Waals surface area contributed by atoms with Gasteiger partial charge < -0.3 is 5.11 Å². The first-order valence-electron chi connectivity index (χ1n) is 5.64. The molecule has 0 saturated heterocycles. The van der Waals surface area contributed by atoms with E-state index in [0.717, 1.165) is 0 Å². The number of hydrogen-bond donors (Lipinski definition) is 1. The number of carboxylic acid groups (broad SMARTS) is 1. The van der Waals surface area contributed by atoms with Gasteiger partial charge >= 0.3 is 18.3 Å². The number of aliphatic carboxylic acids is 1. The van der Waals surface area contributed by atoms with E-state index in [9.17, 15) is 35.9 Å². The molecule has 3 nitrogen and oxygen atoms in total. The maximum Gasteiger partial charge on any atom is 0.409 e. The highest BCUT2D eigenvalue weighted by atomic mass is 19.4. The predicted octanol–water partition coefficient (Wildman–Crippen LogP) is 3.66. The van der Waals surface area contributed by atoms with E-state index in [1.165, 1.54) is 0 Å². The lowest BCUT2D eigenvalue weighted by molar-refractivity contribution is -0.141. The zero-order valence-corrected chi connectivity index (χ0v) is 10.5. The van der Waals surface area contributed by atoms with Gasteiger partial charge in [-0.1, -0.05) is 12.2 Å². The van der Waals surface area contributed by atoms with E-state index in [4.69, 9.17) is 5.11 Å². The van der Waals surface area contributed by atoms with Gasteiger partial charge in [-0.25, -0.2) is 0 Å². The van der Waals surface area contributed by atoms with E-state index in [1.54, 1.807) is 0 Å². The van der Waals surface area contributed by atoms with Gasteiger partial charge in [-0.15, -0.1) is 0 Å². The number of halogens is 6. The molecule has 0 aromatic heterocycles. The van der Waals surface area contributed by atoms with Crippen LogP contribution in [0.25, 0.3) is 0 Å². The third-order valence-electron chi connectivity index (χ3n) is 2.24. The Bertz CT molecular complexity index is 394. The van der Waals surface area contributed by atoms with Crippen LogP contribution >= 0.6 is 0 Å². The molecule has 21 heavy (non-hydrogen) atoms. The van der Waals surface area contributed by atoms with E-state index in [-0.39, 0.29) is 12.2 Å². The van der Waals surface area contributed by atoms with Gasteiger partial charge in [0.05, 0.1) is 0 Å². The minimum absolute atomic E-state index is 0.151. The summed E-state index contributed by atoms with van der Waals surface area (Å²) in [6.07, 6.45) is -10.3. The van der Waals surface area contributed by atoms with Crippen LogP contribution in [0.15, 0.2) is 24.3 Å². The lowest BCUT2D eigenvalue weighted by Gasteiger charge is -2.11. The molecule has 0 rings (SSSR count). The molecule has 0 aliphatic heterocycles. The number of ketones is 1. The number of Topliss-reactive ketones (excluding diaryl/α,β-unsaturated/α-hetero) is 1. The molecule has 120 valence electrons. The van der Waals surface area contributed by atoms with Crippen LogP contribution in [0.1, 0.15) is 19.3 Å². The lowest BCUT2D eigenvalue weighted by atomic mass is 9.94. The summed E-state index contributed by atoms with van der Waals surface area (Å²) >= 11 is 0. The smallest absolute Gasteiger partial charge is 0.409 e. The Hall–Kier alpha value is -1.80. The van der Waals surface area contributed by atoms with E-state index < -0.39 is 49.3 Å². The van der Waals surface area contributed by atoms with Crippen LogP contribution in [-0.2, 0) is 9.59 Å². The fraction of sp³-hybridized carbons (Fsp3) is 0.500. The van der Waals surface area contributed by atoms with Crippen molar-refractivity contribution in [2.75, 3.05) is 0 Å². The fourth-order valence-corrected chi connectivity index (χ4v) is 1.38. The van der Waals surface area contributed by atoms with Crippen molar-refractivity contribution < 1.29 is 41.0 Å². The van der Waals surface area contributed by atoms with Crippen LogP contribution < -0.4 is 0 Å². The number of carbonyl (C=O) groups is 2. The van der Waals surface area contributed by atoms with Gasteiger partial charge in [0, 0.05) is 18.1 Å². The molecule has 9 heteroatoms. The third kappa shape index (κ3) is 11.7. The molecule has 0 aliphatic rings. The highest BCUT2D eigenvalue weighted by molar-refractivity contribution is 5.96. The number of hydrogen-bond acceptors (Lipinski definition) is 2. The molecule has 0 fully saturated rings. The van der Waals surface area contributed by atoms with E-state index in [1.807, 2.05) is 0 Å². The van der Waals surface area contributed by atoms with Crippen molar-refractivity contribution in [3.8, 4) is 0 Å². The second-order valence-electron chi connectivity index (χ2n) is 4.09. The van der Waals surface area contributed by atoms with Crippen molar-refractivity contribution in [1.29, 1.82) is 0 Å². The maximum atomic E-state index is 11.9. The summed E-state index contributed by atoms with van der Waals surface area (Å²) in [5.74, 6) is -3.68. The summed E-state index contributed by atoms with van der Waals surface area (Å²) in [4.78, 5) is 21.8. The number of allylic oxidation sites excluding steroid dienone is 4. The molecule has 0 saturated carbocycles. The summed E-state index contributed by atoms with van der Waals surface area (Å²) in [6.45, 7) is 0. The third-order valence-corrected chi connectivity index (χ3v) is 2.24. The number of carbonyl (C=O) groups excluding carboxylic acids is 1. The fourth-order valence-electron chi connectivity index (χ4n) is 1.38. The molecule has 0 unspecified atom stereocenters. The zero-order valence-electron chi connectivity index (χ0n) is 10.5. The SMILES string of the molecule is O=C(O)CC(=O)C(C/C=C/C(F)(F)F)C/C=C/C(F)(F)F. The highest BCUT2D eigenvalue weighted by Gasteiger charge is 2.25. The summed E-state index contributed by atoms with van der Waals surface area (Å²) in [5.41, 5.74) is 0. The lowest BCUT2D eigenvalue weighted by Crippen LogP contribution is -2.17. The Morgan fingerprint density at radius 1 is 0.905 bits per heavy atom. The molecule has 0 aliphatic carbocycles. The van der Waals surface area contributed by atoms with Crippen molar-refractivity contribution in [2.24, 2.45) is 5.92 Å². The van der Waals surface area contributed by atoms with Crippen LogP contribution in [0.5, 0.6) is 0 Å². The first-order valence-corrected chi connectivity index (χ1v) is 5.64. The molecule has 1 N–H and O–H groups in total. The van der Waals surface area contributed by atoms with Crippen molar-refractivity contribution in [3.63, 3.8) is 0 Å². The van der Waals surface area contributed by atoms with Gasteiger partial charge in [-0.2, -0.15) is 26.3 Å². The molecule has 0 aromatic rings. The maximum absolute atomic E-state index is 11.9. The van der Waals surface area contributed by atoms with Crippen molar-refractivity contribution >= 4 is 11.8 Å². The molecule has 0 radical (unpaired) electrons. The Balaban J connectivity index is 4.77. The molecule has 0 amide bonds. The molecule has 0 aromatic carbocycles. The average Bonchev–Trinajstić information content (AvgIpc) is 2.22. The van der Waals surface area contributed by atoms with E-state index in [0.29, 0.717) is 12.2 Å². The van der Waals surface area contributed by atoms with E-state index >= 15 is 0 Å². The van der Waals surface area contributed by atoms with Gasteiger partial charge in [0.15, 0.2) is 0 Å². The molecular weight excluding hydrogens is 306 g/mol. The summed E-state index contributed by atoms with van der Waals surface area (Å²) < 4.78 is 71.4. The summed E-state index contributed by atoms with van der Waals surface area (Å²) in [5, 5.41) is 8.43. The number of carboxylic acids is 1. The molecule has 0 atom stereocenters. The Morgan fingerprint density at radius 2 is 1.29 bits per heavy atom. The minimum Gasteiger partial charge on any atom is -0.481 e. The normalized spacial score (nSPS) is 13.5. The quantitative estimate of drug-likeness (QED) is 0.443. The molecule has 0 bridgehead atoms. The number of rotatable bonds is 7. The predicted molar refractivity (Wildman–Crippen MR) is 60.4 cm³/mol. The first kappa shape index (κ1) is 19.2. The van der Waals surface area contributed by atoms with Crippen molar-refractivity contribution in [2.45, 2.75) is 31.6 Å². The van der Waals surface area contributed by atoms with Gasteiger partial charge in [0.2, 0.25) is 0 Å². The minimum atomic E-state index is -4.61. The zero-order chi connectivity index (χ0) is 16.7. The van der Waals surface area contributed by atoms with Crippen molar-refractivity contribution in [1.82, 2.24) is 0 Å². The van der Waals surface area contributed by atoms with Crippen molar-refractivity contribution in [3.05, 3.63) is 24.3 Å². The molecule has 0 spiro atoms. The Kier molecular flexibility index (Phi) is 7.17. The van der Waals surface area contributed by atoms with Gasteiger partial charge in [-0.3, -0.25) is 9.59 Å².